The zero-order valence-electron chi connectivity index (χ0n) is 16.7. The number of imide groups is 1. The van der Waals surface area contributed by atoms with Gasteiger partial charge >= 0.3 is 12.1 Å². The van der Waals surface area contributed by atoms with Gasteiger partial charge in [0.25, 0.3) is 5.91 Å². The van der Waals surface area contributed by atoms with Crippen molar-refractivity contribution in [2.24, 2.45) is 0 Å². The van der Waals surface area contributed by atoms with Crippen molar-refractivity contribution in [1.82, 2.24) is 10.3 Å². The second-order valence-electron chi connectivity index (χ2n) is 6.72. The number of benzene rings is 2. The average Bonchev–Trinajstić information content (AvgIpc) is 3.14. The summed E-state index contributed by atoms with van der Waals surface area (Å²) in [6, 6.07) is 13.2. The molecular formula is C22H17F3N2O4S. The lowest BCUT2D eigenvalue weighted by atomic mass is 10.1. The molecule has 0 unspecified atom stereocenters. The Morgan fingerprint density at radius 2 is 1.66 bits per heavy atom. The van der Waals surface area contributed by atoms with E-state index in [2.05, 4.69) is 10.3 Å². The normalized spacial score (nSPS) is 11.1. The molecule has 2 amide bonds. The van der Waals surface area contributed by atoms with Crippen molar-refractivity contribution in [1.29, 1.82) is 0 Å². The molecule has 0 atom stereocenters. The van der Waals surface area contributed by atoms with Crippen molar-refractivity contribution in [2.75, 3.05) is 6.61 Å². The molecule has 3 aromatic rings. The quantitative estimate of drug-likeness (QED) is 0.556. The summed E-state index contributed by atoms with van der Waals surface area (Å²) in [5.41, 5.74) is 0.665. The minimum absolute atomic E-state index is 0.00493. The van der Waals surface area contributed by atoms with E-state index in [-0.39, 0.29) is 11.3 Å². The number of ether oxygens (including phenoxy) is 1. The summed E-state index contributed by atoms with van der Waals surface area (Å²) in [6.07, 6.45) is -4.44. The number of alkyl halides is 3. The molecular weight excluding hydrogens is 445 g/mol. The number of aryl methyl sites for hydroxylation is 1. The van der Waals surface area contributed by atoms with Crippen LogP contribution in [0.5, 0.6) is 0 Å². The van der Waals surface area contributed by atoms with E-state index in [1.807, 2.05) is 0 Å². The predicted octanol–water partition coefficient (Wildman–Crippen LogP) is 4.18. The van der Waals surface area contributed by atoms with E-state index in [0.717, 1.165) is 29.0 Å². The number of thiazole rings is 1. The molecule has 1 aromatic heterocycles. The molecule has 0 bridgehead atoms. The third kappa shape index (κ3) is 6.01. The van der Waals surface area contributed by atoms with Gasteiger partial charge in [0, 0.05) is 5.56 Å². The molecule has 1 heterocycles. The van der Waals surface area contributed by atoms with Crippen molar-refractivity contribution in [3.63, 3.8) is 0 Å². The van der Waals surface area contributed by atoms with Crippen LogP contribution in [0, 0.1) is 6.92 Å². The van der Waals surface area contributed by atoms with Crippen LogP contribution in [-0.4, -0.2) is 29.4 Å². The number of hydrogen-bond acceptors (Lipinski definition) is 6. The lowest BCUT2D eigenvalue weighted by Gasteiger charge is -2.06. The highest BCUT2D eigenvalue weighted by atomic mass is 32.1. The topological polar surface area (TPSA) is 85.4 Å². The van der Waals surface area contributed by atoms with E-state index in [1.165, 1.54) is 12.1 Å². The lowest BCUT2D eigenvalue weighted by molar-refractivity contribution is -0.137. The van der Waals surface area contributed by atoms with Gasteiger partial charge in [-0.3, -0.25) is 14.9 Å². The number of amides is 2. The average molecular weight is 462 g/mol. The Morgan fingerprint density at radius 1 is 1.00 bits per heavy atom. The summed E-state index contributed by atoms with van der Waals surface area (Å²) in [4.78, 5) is 40.4. The number of hydrogen-bond donors (Lipinski definition) is 1. The van der Waals surface area contributed by atoms with Gasteiger partial charge in [0.2, 0.25) is 5.91 Å². The van der Waals surface area contributed by atoms with Crippen LogP contribution in [0.3, 0.4) is 0 Å². The number of nitrogens with one attached hydrogen (secondary N) is 1. The van der Waals surface area contributed by atoms with E-state index in [1.54, 1.807) is 37.3 Å². The van der Waals surface area contributed by atoms with Crippen molar-refractivity contribution >= 4 is 29.1 Å². The summed E-state index contributed by atoms with van der Waals surface area (Å²) in [7, 11) is 0. The molecule has 32 heavy (non-hydrogen) atoms. The van der Waals surface area contributed by atoms with Gasteiger partial charge in [0.05, 0.1) is 17.7 Å². The molecule has 0 aliphatic carbocycles. The van der Waals surface area contributed by atoms with Gasteiger partial charge in [-0.2, -0.15) is 13.2 Å². The van der Waals surface area contributed by atoms with Gasteiger partial charge in [-0.15, -0.1) is 11.3 Å². The first kappa shape index (κ1) is 23.1. The Balaban J connectivity index is 1.57. The van der Waals surface area contributed by atoms with Crippen LogP contribution in [-0.2, 0) is 26.9 Å². The first-order valence-electron chi connectivity index (χ1n) is 9.32. The molecule has 166 valence electrons. The van der Waals surface area contributed by atoms with Crippen LogP contribution in [0.1, 0.15) is 26.5 Å². The fraction of sp³-hybridized carbons (Fsp3) is 0.182. The Bertz CT molecular complexity index is 1130. The molecule has 0 aliphatic heterocycles. The van der Waals surface area contributed by atoms with Crippen molar-refractivity contribution in [3.8, 4) is 10.6 Å². The van der Waals surface area contributed by atoms with Crippen LogP contribution in [0.25, 0.3) is 10.6 Å². The number of halogens is 3. The third-order valence-corrected chi connectivity index (χ3v) is 5.45. The van der Waals surface area contributed by atoms with Crippen molar-refractivity contribution in [3.05, 3.63) is 76.3 Å². The second kappa shape index (κ2) is 9.73. The zero-order chi connectivity index (χ0) is 23.3. The lowest BCUT2D eigenvalue weighted by Crippen LogP contribution is -2.35. The smallest absolute Gasteiger partial charge is 0.416 e. The molecule has 3 rings (SSSR count). The van der Waals surface area contributed by atoms with Gasteiger partial charge < -0.3 is 4.74 Å². The van der Waals surface area contributed by atoms with Crippen molar-refractivity contribution < 1.29 is 32.3 Å². The fourth-order valence-electron chi connectivity index (χ4n) is 2.72. The molecule has 0 aliphatic rings. The number of esters is 1. The second-order valence-corrected chi connectivity index (χ2v) is 7.72. The number of nitrogens with zero attached hydrogens (tertiary/aromatic N) is 1. The molecule has 6 nitrogen and oxygen atoms in total. The third-order valence-electron chi connectivity index (χ3n) is 4.26. The maximum atomic E-state index is 12.7. The maximum absolute atomic E-state index is 12.7. The number of carbonyl (C=O) groups is 3. The standard InChI is InChI=1S/C22H17F3N2O4S/c1-13-19(32-20(26-13)15-7-9-16(10-8-15)22(23,24)25)21(30)31-12-18(29)27-17(28)11-14-5-3-2-4-6-14/h2-10H,11-12H2,1H3,(H,27,28,29). The van der Waals surface area contributed by atoms with E-state index < -0.39 is 36.1 Å². The molecule has 0 saturated heterocycles. The fourth-order valence-corrected chi connectivity index (χ4v) is 3.69. The highest BCUT2D eigenvalue weighted by molar-refractivity contribution is 7.17. The van der Waals surface area contributed by atoms with Crippen LogP contribution in [0.4, 0.5) is 13.2 Å². The Hall–Kier alpha value is -3.53. The SMILES string of the molecule is Cc1nc(-c2ccc(C(F)(F)F)cc2)sc1C(=O)OCC(=O)NC(=O)Cc1ccccc1. The molecule has 0 spiro atoms. The first-order chi connectivity index (χ1) is 15.1. The van der Waals surface area contributed by atoms with E-state index in [9.17, 15) is 27.6 Å². The summed E-state index contributed by atoms with van der Waals surface area (Å²) in [5, 5.41) is 2.48. The summed E-state index contributed by atoms with van der Waals surface area (Å²) in [5.74, 6) is -2.12. The van der Waals surface area contributed by atoms with Crippen molar-refractivity contribution in [2.45, 2.75) is 19.5 Å². The van der Waals surface area contributed by atoms with Crippen LogP contribution in [0.15, 0.2) is 54.6 Å². The van der Waals surface area contributed by atoms with Crippen LogP contribution in [0.2, 0.25) is 0 Å². The van der Waals surface area contributed by atoms with E-state index >= 15 is 0 Å². The maximum Gasteiger partial charge on any atom is 0.416 e. The number of aromatic nitrogens is 1. The van der Waals surface area contributed by atoms with Crippen LogP contribution >= 0.6 is 11.3 Å². The number of rotatable bonds is 6. The predicted molar refractivity (Wildman–Crippen MR) is 111 cm³/mol. The molecule has 0 fully saturated rings. The summed E-state index contributed by atoms with van der Waals surface area (Å²) >= 11 is 0.936. The summed E-state index contributed by atoms with van der Waals surface area (Å²) < 4.78 is 43.1. The zero-order valence-corrected chi connectivity index (χ0v) is 17.5. The summed E-state index contributed by atoms with van der Waals surface area (Å²) in [6.45, 7) is 0.885. The Labute approximate surface area is 185 Å². The van der Waals surface area contributed by atoms with E-state index in [4.69, 9.17) is 4.74 Å². The molecule has 0 radical (unpaired) electrons. The van der Waals surface area contributed by atoms with Gasteiger partial charge in [-0.1, -0.05) is 42.5 Å². The minimum Gasteiger partial charge on any atom is -0.451 e. The molecule has 1 N–H and O–H groups in total. The van der Waals surface area contributed by atoms with Gasteiger partial charge in [-0.25, -0.2) is 9.78 Å². The Kier molecular flexibility index (Phi) is 7.04. The highest BCUT2D eigenvalue weighted by Crippen LogP contribution is 2.33. The highest BCUT2D eigenvalue weighted by Gasteiger charge is 2.30. The first-order valence-corrected chi connectivity index (χ1v) is 10.1. The largest absolute Gasteiger partial charge is 0.451 e. The molecule has 10 heteroatoms. The number of carbonyl (C=O) groups excluding carboxylic acids is 3. The van der Waals surface area contributed by atoms with Crippen LogP contribution < -0.4 is 5.32 Å². The molecule has 2 aromatic carbocycles. The van der Waals surface area contributed by atoms with Gasteiger partial charge in [0.1, 0.15) is 9.88 Å². The van der Waals surface area contributed by atoms with Gasteiger partial charge in [-0.05, 0) is 24.6 Å². The monoisotopic (exact) mass is 462 g/mol. The molecule has 0 saturated carbocycles. The Morgan fingerprint density at radius 3 is 2.28 bits per heavy atom. The minimum atomic E-state index is -4.45. The van der Waals surface area contributed by atoms with E-state index in [0.29, 0.717) is 16.3 Å². The van der Waals surface area contributed by atoms with Gasteiger partial charge in [0.15, 0.2) is 6.61 Å².